The number of ether oxygens (including phenoxy) is 1. The fourth-order valence-corrected chi connectivity index (χ4v) is 2.88. The highest BCUT2D eigenvalue weighted by Gasteiger charge is 2.26. The number of rotatable bonds is 9. The Morgan fingerprint density at radius 2 is 2.17 bits per heavy atom. The Hall–Kier alpha value is -0.120. The Bertz CT molecular complexity index is 199. The van der Waals surface area contributed by atoms with Gasteiger partial charge < -0.3 is 10.1 Å². The summed E-state index contributed by atoms with van der Waals surface area (Å²) >= 11 is 0. The highest BCUT2D eigenvalue weighted by Crippen LogP contribution is 2.20. The van der Waals surface area contributed by atoms with E-state index in [0.717, 1.165) is 25.8 Å². The van der Waals surface area contributed by atoms with Crippen LogP contribution in [0.5, 0.6) is 0 Å². The Morgan fingerprint density at radius 3 is 2.89 bits per heavy atom. The van der Waals surface area contributed by atoms with Gasteiger partial charge in [-0.2, -0.15) is 0 Å². The van der Waals surface area contributed by atoms with Crippen LogP contribution in [0.25, 0.3) is 0 Å². The predicted octanol–water partition coefficient (Wildman–Crippen LogP) is 2.66. The second-order valence-electron chi connectivity index (χ2n) is 5.39. The Labute approximate surface area is 113 Å². The van der Waals surface area contributed by atoms with Gasteiger partial charge in [0.2, 0.25) is 0 Å². The average molecular weight is 256 g/mol. The summed E-state index contributed by atoms with van der Waals surface area (Å²) in [5, 5.41) is 3.66. The van der Waals surface area contributed by atoms with Gasteiger partial charge in [-0.25, -0.2) is 0 Å². The van der Waals surface area contributed by atoms with Crippen LogP contribution in [0.4, 0.5) is 0 Å². The van der Waals surface area contributed by atoms with Crippen molar-refractivity contribution in [2.45, 2.75) is 65.0 Å². The van der Waals surface area contributed by atoms with Gasteiger partial charge in [-0.1, -0.05) is 13.3 Å². The molecule has 0 saturated carbocycles. The number of nitrogens with one attached hydrogen (secondary N) is 1. The quantitative estimate of drug-likeness (QED) is 0.642. The van der Waals surface area contributed by atoms with E-state index in [2.05, 4.69) is 31.0 Å². The molecule has 0 aromatic carbocycles. The monoisotopic (exact) mass is 256 g/mol. The van der Waals surface area contributed by atoms with Crippen molar-refractivity contribution in [3.05, 3.63) is 0 Å². The summed E-state index contributed by atoms with van der Waals surface area (Å²) < 4.78 is 5.44. The molecule has 3 nitrogen and oxygen atoms in total. The smallest absolute Gasteiger partial charge is 0.0478 e. The predicted molar refractivity (Wildman–Crippen MR) is 78.1 cm³/mol. The van der Waals surface area contributed by atoms with E-state index < -0.39 is 0 Å². The lowest BCUT2D eigenvalue weighted by molar-refractivity contribution is 0.0914. The molecule has 0 aliphatic carbocycles. The first kappa shape index (κ1) is 15.9. The second-order valence-corrected chi connectivity index (χ2v) is 5.39. The molecule has 0 spiro atoms. The number of nitrogens with zero attached hydrogens (tertiary/aromatic N) is 1. The Morgan fingerprint density at radius 1 is 1.33 bits per heavy atom. The molecule has 18 heavy (non-hydrogen) atoms. The summed E-state index contributed by atoms with van der Waals surface area (Å²) in [5.74, 6) is 0. The van der Waals surface area contributed by atoms with Crippen molar-refractivity contribution in [1.29, 1.82) is 0 Å². The van der Waals surface area contributed by atoms with Crippen molar-refractivity contribution in [3.8, 4) is 0 Å². The van der Waals surface area contributed by atoms with Crippen LogP contribution in [0.15, 0.2) is 0 Å². The van der Waals surface area contributed by atoms with Crippen LogP contribution >= 0.6 is 0 Å². The molecular formula is C15H32N2O. The third-order valence-electron chi connectivity index (χ3n) is 3.90. The molecule has 1 N–H and O–H groups in total. The maximum Gasteiger partial charge on any atom is 0.0478 e. The molecule has 1 heterocycles. The van der Waals surface area contributed by atoms with E-state index in [0.29, 0.717) is 6.04 Å². The van der Waals surface area contributed by atoms with Crippen LogP contribution < -0.4 is 5.32 Å². The van der Waals surface area contributed by atoms with E-state index in [9.17, 15) is 0 Å². The van der Waals surface area contributed by atoms with E-state index in [1.54, 1.807) is 0 Å². The first-order valence-corrected chi connectivity index (χ1v) is 7.84. The molecule has 108 valence electrons. The van der Waals surface area contributed by atoms with E-state index in [1.165, 1.54) is 45.2 Å². The molecule has 2 unspecified atom stereocenters. The molecule has 0 radical (unpaired) electrons. The van der Waals surface area contributed by atoms with E-state index in [1.807, 2.05) is 0 Å². The zero-order chi connectivity index (χ0) is 13.2. The second kappa shape index (κ2) is 9.76. The third kappa shape index (κ3) is 5.68. The van der Waals surface area contributed by atoms with Gasteiger partial charge in [-0.3, -0.25) is 4.90 Å². The standard InChI is InChI=1S/C15H32N2O/c1-4-10-16-14(3)15-9-6-7-11-17(15)12-8-13-18-5-2/h14-16H,4-13H2,1-3H3. The summed E-state index contributed by atoms with van der Waals surface area (Å²) in [6, 6.07) is 1.35. The van der Waals surface area contributed by atoms with E-state index in [-0.39, 0.29) is 0 Å². The van der Waals surface area contributed by atoms with Crippen LogP contribution in [0.1, 0.15) is 52.9 Å². The summed E-state index contributed by atoms with van der Waals surface area (Å²) in [7, 11) is 0. The SMILES string of the molecule is CCCNC(C)C1CCCCN1CCCOCC. The topological polar surface area (TPSA) is 24.5 Å². The number of piperidine rings is 1. The molecule has 1 rings (SSSR count). The minimum atomic E-state index is 0.623. The summed E-state index contributed by atoms with van der Waals surface area (Å²) in [6.45, 7) is 12.0. The molecule has 2 atom stereocenters. The van der Waals surface area contributed by atoms with E-state index >= 15 is 0 Å². The van der Waals surface area contributed by atoms with Gasteiger partial charge in [0, 0.05) is 31.8 Å². The molecule has 0 aromatic heterocycles. The number of likely N-dealkylation sites (tertiary alicyclic amines) is 1. The third-order valence-corrected chi connectivity index (χ3v) is 3.90. The highest BCUT2D eigenvalue weighted by atomic mass is 16.5. The van der Waals surface area contributed by atoms with Crippen molar-refractivity contribution in [1.82, 2.24) is 10.2 Å². The largest absolute Gasteiger partial charge is 0.382 e. The molecule has 1 aliphatic heterocycles. The van der Waals surface area contributed by atoms with Gasteiger partial charge >= 0.3 is 0 Å². The fraction of sp³-hybridized carbons (Fsp3) is 1.00. The summed E-state index contributed by atoms with van der Waals surface area (Å²) in [6.07, 6.45) is 6.51. The lowest BCUT2D eigenvalue weighted by Crippen LogP contribution is -2.51. The molecule has 1 aliphatic rings. The van der Waals surface area contributed by atoms with Gasteiger partial charge in [0.1, 0.15) is 0 Å². The van der Waals surface area contributed by atoms with Gasteiger partial charge in [-0.15, -0.1) is 0 Å². The molecule has 0 aromatic rings. The lowest BCUT2D eigenvalue weighted by Gasteiger charge is -2.39. The number of hydrogen-bond donors (Lipinski definition) is 1. The lowest BCUT2D eigenvalue weighted by atomic mass is 9.96. The van der Waals surface area contributed by atoms with Gasteiger partial charge in [0.15, 0.2) is 0 Å². The van der Waals surface area contributed by atoms with Crippen LogP contribution in [0.3, 0.4) is 0 Å². The van der Waals surface area contributed by atoms with Crippen LogP contribution in [-0.4, -0.2) is 49.8 Å². The fourth-order valence-electron chi connectivity index (χ4n) is 2.88. The molecule has 1 fully saturated rings. The van der Waals surface area contributed by atoms with Gasteiger partial charge in [0.05, 0.1) is 0 Å². The molecular weight excluding hydrogens is 224 g/mol. The van der Waals surface area contributed by atoms with Crippen LogP contribution in [0.2, 0.25) is 0 Å². The normalized spacial score (nSPS) is 23.2. The summed E-state index contributed by atoms with van der Waals surface area (Å²) in [5.41, 5.74) is 0. The maximum absolute atomic E-state index is 5.44. The first-order valence-electron chi connectivity index (χ1n) is 7.84. The van der Waals surface area contributed by atoms with Crippen molar-refractivity contribution < 1.29 is 4.74 Å². The molecule has 1 saturated heterocycles. The maximum atomic E-state index is 5.44. The summed E-state index contributed by atoms with van der Waals surface area (Å²) in [4.78, 5) is 2.68. The zero-order valence-corrected chi connectivity index (χ0v) is 12.6. The number of hydrogen-bond acceptors (Lipinski definition) is 3. The minimum absolute atomic E-state index is 0.623. The Kier molecular flexibility index (Phi) is 8.64. The average Bonchev–Trinajstić information content (AvgIpc) is 2.41. The highest BCUT2D eigenvalue weighted by molar-refractivity contribution is 4.84. The van der Waals surface area contributed by atoms with Crippen LogP contribution in [-0.2, 0) is 4.74 Å². The first-order chi connectivity index (χ1) is 8.79. The van der Waals surface area contributed by atoms with Crippen molar-refractivity contribution in [2.75, 3.05) is 32.8 Å². The van der Waals surface area contributed by atoms with Crippen LogP contribution in [0, 0.1) is 0 Å². The van der Waals surface area contributed by atoms with Crippen molar-refractivity contribution in [2.24, 2.45) is 0 Å². The van der Waals surface area contributed by atoms with Crippen molar-refractivity contribution in [3.63, 3.8) is 0 Å². The van der Waals surface area contributed by atoms with E-state index in [4.69, 9.17) is 4.74 Å². The van der Waals surface area contributed by atoms with Gasteiger partial charge in [0.25, 0.3) is 0 Å². The zero-order valence-electron chi connectivity index (χ0n) is 12.6. The minimum Gasteiger partial charge on any atom is -0.382 e. The molecule has 0 amide bonds. The molecule has 0 bridgehead atoms. The van der Waals surface area contributed by atoms with Gasteiger partial charge in [-0.05, 0) is 52.6 Å². The molecule has 3 heteroatoms. The Balaban J connectivity index is 2.31. The van der Waals surface area contributed by atoms with Crippen molar-refractivity contribution >= 4 is 0 Å².